The quantitative estimate of drug-likeness (QED) is 0.512. The molecule has 2 aromatic carbocycles. The van der Waals surface area contributed by atoms with Crippen molar-refractivity contribution in [1.29, 1.82) is 0 Å². The molecule has 0 aliphatic carbocycles. The van der Waals surface area contributed by atoms with Crippen LogP contribution >= 0.6 is 0 Å². The van der Waals surface area contributed by atoms with Crippen LogP contribution in [0.4, 0.5) is 8.78 Å². The van der Waals surface area contributed by atoms with E-state index in [9.17, 15) is 8.78 Å². The smallest absolute Gasteiger partial charge is 0.151 e. The van der Waals surface area contributed by atoms with Gasteiger partial charge < -0.3 is 9.73 Å². The van der Waals surface area contributed by atoms with Crippen molar-refractivity contribution in [2.45, 2.75) is 20.0 Å². The van der Waals surface area contributed by atoms with E-state index in [2.05, 4.69) is 10.4 Å². The molecule has 0 fully saturated rings. The highest BCUT2D eigenvalue weighted by molar-refractivity contribution is 5.66. The van der Waals surface area contributed by atoms with Gasteiger partial charge in [0.05, 0.1) is 18.5 Å². The topological polar surface area (TPSA) is 43.0 Å². The zero-order chi connectivity index (χ0) is 19.5. The normalized spacial score (nSPS) is 11.1. The number of aromatic nitrogens is 2. The predicted octanol–water partition coefficient (Wildman–Crippen LogP) is 5.01. The van der Waals surface area contributed by atoms with Crippen molar-refractivity contribution in [2.75, 3.05) is 0 Å². The lowest BCUT2D eigenvalue weighted by atomic mass is 10.0. The Labute approximate surface area is 161 Å². The number of hydrogen-bond donors (Lipinski definition) is 1. The molecule has 0 spiro atoms. The number of hydrogen-bond acceptors (Lipinski definition) is 3. The van der Waals surface area contributed by atoms with E-state index in [1.165, 1.54) is 16.8 Å². The molecular formula is C22H19F2N3O. The molecular weight excluding hydrogens is 360 g/mol. The Balaban J connectivity index is 1.70. The molecule has 2 aromatic heterocycles. The van der Waals surface area contributed by atoms with Gasteiger partial charge in [-0.1, -0.05) is 24.3 Å². The third-order valence-corrected chi connectivity index (χ3v) is 4.54. The third-order valence-electron chi connectivity index (χ3n) is 4.54. The summed E-state index contributed by atoms with van der Waals surface area (Å²) in [7, 11) is 0. The summed E-state index contributed by atoms with van der Waals surface area (Å²) in [6, 6.07) is 15.1. The first-order valence-electron chi connectivity index (χ1n) is 8.95. The van der Waals surface area contributed by atoms with Gasteiger partial charge in [-0.25, -0.2) is 13.5 Å². The maximum absolute atomic E-state index is 14.3. The summed E-state index contributed by atoms with van der Waals surface area (Å²) in [6.07, 6.45) is 3.40. The number of nitrogens with one attached hydrogen (secondary N) is 1. The number of aryl methyl sites for hydroxylation is 1. The fourth-order valence-corrected chi connectivity index (χ4v) is 3.13. The largest absolute Gasteiger partial charge is 0.468 e. The fourth-order valence-electron chi connectivity index (χ4n) is 3.13. The van der Waals surface area contributed by atoms with Gasteiger partial charge in [0, 0.05) is 29.9 Å². The Bertz CT molecular complexity index is 1090. The molecule has 4 aromatic rings. The maximum atomic E-state index is 14.3. The third kappa shape index (κ3) is 3.73. The van der Waals surface area contributed by atoms with Gasteiger partial charge in [0.25, 0.3) is 0 Å². The number of halogens is 2. The molecule has 0 unspecified atom stereocenters. The summed E-state index contributed by atoms with van der Waals surface area (Å²) in [4.78, 5) is 0. The molecule has 0 amide bonds. The second-order valence-corrected chi connectivity index (χ2v) is 6.54. The van der Waals surface area contributed by atoms with E-state index in [-0.39, 0.29) is 5.69 Å². The van der Waals surface area contributed by atoms with Crippen molar-refractivity contribution < 1.29 is 13.2 Å². The molecule has 0 aliphatic rings. The van der Waals surface area contributed by atoms with Crippen molar-refractivity contribution in [3.8, 4) is 16.9 Å². The van der Waals surface area contributed by atoms with Crippen molar-refractivity contribution in [3.05, 3.63) is 95.6 Å². The first kappa shape index (κ1) is 18.1. The Morgan fingerprint density at radius 1 is 1.04 bits per heavy atom. The Kier molecular flexibility index (Phi) is 5.04. The zero-order valence-electron chi connectivity index (χ0n) is 15.3. The van der Waals surface area contributed by atoms with E-state index in [0.29, 0.717) is 13.1 Å². The van der Waals surface area contributed by atoms with Gasteiger partial charge in [-0.05, 0) is 36.8 Å². The molecule has 6 heteroatoms. The highest BCUT2D eigenvalue weighted by atomic mass is 19.1. The molecule has 0 saturated carbocycles. The van der Waals surface area contributed by atoms with Crippen molar-refractivity contribution >= 4 is 0 Å². The minimum atomic E-state index is -0.658. The average molecular weight is 379 g/mol. The summed E-state index contributed by atoms with van der Waals surface area (Å²) in [5, 5.41) is 7.93. The molecule has 0 saturated heterocycles. The monoisotopic (exact) mass is 379 g/mol. The van der Waals surface area contributed by atoms with Crippen LogP contribution in [0, 0.1) is 18.6 Å². The van der Waals surface area contributed by atoms with Gasteiger partial charge in [0.15, 0.2) is 5.82 Å². The van der Waals surface area contributed by atoms with Crippen LogP contribution in [0.5, 0.6) is 0 Å². The van der Waals surface area contributed by atoms with Crippen molar-refractivity contribution in [2.24, 2.45) is 0 Å². The summed E-state index contributed by atoms with van der Waals surface area (Å²) in [5.41, 5.74) is 3.91. The molecule has 4 nitrogen and oxygen atoms in total. The highest BCUT2D eigenvalue weighted by Gasteiger charge is 2.16. The van der Waals surface area contributed by atoms with Crippen molar-refractivity contribution in [3.63, 3.8) is 0 Å². The number of rotatable bonds is 6. The van der Waals surface area contributed by atoms with E-state index in [0.717, 1.165) is 34.2 Å². The van der Waals surface area contributed by atoms with Gasteiger partial charge in [-0.3, -0.25) is 0 Å². The molecule has 28 heavy (non-hydrogen) atoms. The first-order valence-corrected chi connectivity index (χ1v) is 8.95. The zero-order valence-corrected chi connectivity index (χ0v) is 15.3. The number of nitrogens with zero attached hydrogens (tertiary/aromatic N) is 2. The fraction of sp³-hybridized carbons (Fsp3) is 0.136. The van der Waals surface area contributed by atoms with E-state index in [1.54, 1.807) is 12.5 Å². The van der Waals surface area contributed by atoms with E-state index in [1.807, 2.05) is 43.3 Å². The van der Waals surface area contributed by atoms with Crippen molar-refractivity contribution in [1.82, 2.24) is 15.1 Å². The highest BCUT2D eigenvalue weighted by Crippen LogP contribution is 2.27. The predicted molar refractivity (Wildman–Crippen MR) is 103 cm³/mol. The Morgan fingerprint density at radius 3 is 2.64 bits per heavy atom. The van der Waals surface area contributed by atoms with E-state index < -0.39 is 11.6 Å². The lowest BCUT2D eigenvalue weighted by Crippen LogP contribution is -2.12. The lowest BCUT2D eigenvalue weighted by Gasteiger charge is -2.06. The molecule has 0 bridgehead atoms. The second kappa shape index (κ2) is 7.78. The first-order chi connectivity index (χ1) is 13.6. The maximum Gasteiger partial charge on any atom is 0.151 e. The SMILES string of the molecule is Cc1ccccc1-c1nn(-c2ccc(F)cc2F)cc1CNCc1ccco1. The average Bonchev–Trinajstić information content (AvgIpc) is 3.32. The molecule has 2 heterocycles. The molecule has 142 valence electrons. The van der Waals surface area contributed by atoms with Crippen LogP contribution < -0.4 is 5.32 Å². The summed E-state index contributed by atoms with van der Waals surface area (Å²) in [6.45, 7) is 3.09. The molecule has 0 radical (unpaired) electrons. The van der Waals surface area contributed by atoms with Crippen LogP contribution in [0.2, 0.25) is 0 Å². The Morgan fingerprint density at radius 2 is 1.89 bits per heavy atom. The standard InChI is InChI=1S/C22H19F2N3O/c1-15-5-2-3-7-19(15)22-16(12-25-13-18-6-4-10-28-18)14-27(26-22)21-9-8-17(23)11-20(21)24/h2-11,14,25H,12-13H2,1H3. The summed E-state index contributed by atoms with van der Waals surface area (Å²) in [5.74, 6) is -0.448. The van der Waals surface area contributed by atoms with Gasteiger partial charge in [0.1, 0.15) is 17.3 Å². The van der Waals surface area contributed by atoms with Crippen LogP contribution in [-0.4, -0.2) is 9.78 Å². The second-order valence-electron chi connectivity index (χ2n) is 6.54. The minimum absolute atomic E-state index is 0.202. The van der Waals surface area contributed by atoms with Gasteiger partial charge in [-0.15, -0.1) is 0 Å². The summed E-state index contributed by atoms with van der Waals surface area (Å²) < 4.78 is 34.3. The van der Waals surface area contributed by atoms with Crippen LogP contribution in [0.3, 0.4) is 0 Å². The van der Waals surface area contributed by atoms with Crippen LogP contribution in [0.1, 0.15) is 16.9 Å². The van der Waals surface area contributed by atoms with Gasteiger partial charge in [0.2, 0.25) is 0 Å². The van der Waals surface area contributed by atoms with Crippen LogP contribution in [0.25, 0.3) is 16.9 Å². The van der Waals surface area contributed by atoms with E-state index >= 15 is 0 Å². The van der Waals surface area contributed by atoms with Gasteiger partial charge >= 0.3 is 0 Å². The summed E-state index contributed by atoms with van der Waals surface area (Å²) >= 11 is 0. The molecule has 0 aliphatic heterocycles. The minimum Gasteiger partial charge on any atom is -0.468 e. The molecule has 0 atom stereocenters. The van der Waals surface area contributed by atoms with E-state index in [4.69, 9.17) is 4.42 Å². The lowest BCUT2D eigenvalue weighted by molar-refractivity contribution is 0.483. The van der Waals surface area contributed by atoms with Crippen LogP contribution in [-0.2, 0) is 13.1 Å². The number of furan rings is 1. The Hall–Kier alpha value is -3.25. The molecule has 1 N–H and O–H groups in total. The van der Waals surface area contributed by atoms with Crippen LogP contribution in [0.15, 0.2) is 71.5 Å². The van der Waals surface area contributed by atoms with Gasteiger partial charge in [-0.2, -0.15) is 5.10 Å². The molecule has 4 rings (SSSR count). The number of benzene rings is 2.